The Balaban J connectivity index is 1.90. The summed E-state index contributed by atoms with van der Waals surface area (Å²) in [5, 5.41) is 7.02. The zero-order valence-electron chi connectivity index (χ0n) is 23.8. The molecule has 40 heavy (non-hydrogen) atoms. The molecule has 0 aromatic rings. The van der Waals surface area contributed by atoms with Crippen molar-refractivity contribution in [2.45, 2.75) is 71.8 Å². The second-order valence-corrected chi connectivity index (χ2v) is 12.8. The van der Waals surface area contributed by atoms with Crippen molar-refractivity contribution >= 4 is 35.3 Å². The number of likely N-dealkylation sites (tertiary alicyclic amines) is 1. The highest BCUT2D eigenvalue weighted by atomic mass is 19.4. The average Bonchev–Trinajstić information content (AvgIpc) is 3.18. The number of alkyl halides is 3. The zero-order valence-corrected chi connectivity index (χ0v) is 23.8. The molecule has 2 saturated heterocycles. The van der Waals surface area contributed by atoms with E-state index in [4.69, 9.17) is 0 Å². The van der Waals surface area contributed by atoms with E-state index in [0.29, 0.717) is 13.0 Å². The minimum Gasteiger partial charge on any atom is -0.356 e. The van der Waals surface area contributed by atoms with Gasteiger partial charge in [0, 0.05) is 33.1 Å². The highest BCUT2D eigenvalue weighted by Gasteiger charge is 2.70. The normalized spacial score (nSPS) is 26.8. The number of rotatable bonds is 8. The fraction of sp³-hybridized carbons (Fsp3) is 0.769. The zero-order chi connectivity index (χ0) is 30.5. The monoisotopic (exact) mass is 573 g/mol. The van der Waals surface area contributed by atoms with Gasteiger partial charge < -0.3 is 25.8 Å². The molecule has 0 unspecified atom stereocenters. The van der Waals surface area contributed by atoms with Crippen molar-refractivity contribution in [3.8, 4) is 0 Å². The molecule has 2 aliphatic heterocycles. The van der Waals surface area contributed by atoms with Crippen molar-refractivity contribution in [1.29, 1.82) is 0 Å². The van der Waals surface area contributed by atoms with Crippen LogP contribution in [0.25, 0.3) is 0 Å². The van der Waals surface area contributed by atoms with E-state index in [1.807, 2.05) is 13.8 Å². The Kier molecular flexibility index (Phi) is 8.35. The molecule has 2 heterocycles. The molecule has 0 aromatic heterocycles. The number of piperidine rings is 1. The number of nitrogens with one attached hydrogen (secondary N) is 3. The van der Waals surface area contributed by atoms with E-state index in [-0.39, 0.29) is 36.1 Å². The van der Waals surface area contributed by atoms with E-state index in [1.165, 1.54) is 39.8 Å². The topological polar surface area (TPSA) is 145 Å². The summed E-state index contributed by atoms with van der Waals surface area (Å²) in [7, 11) is 2.75. The first-order valence-corrected chi connectivity index (χ1v) is 13.2. The smallest absolute Gasteiger partial charge is 0.356 e. The lowest BCUT2D eigenvalue weighted by Gasteiger charge is -2.38. The lowest BCUT2D eigenvalue weighted by Crippen LogP contribution is -2.61. The maximum Gasteiger partial charge on any atom is 0.471 e. The molecule has 5 amide bonds. The van der Waals surface area contributed by atoms with Gasteiger partial charge in [-0.15, -0.1) is 0 Å². The number of fused-ring (bicyclic) bond motifs is 1. The van der Waals surface area contributed by atoms with Crippen LogP contribution in [0.2, 0.25) is 0 Å². The Morgan fingerprint density at radius 2 is 1.70 bits per heavy atom. The van der Waals surface area contributed by atoms with Crippen LogP contribution in [-0.2, 0) is 28.8 Å². The molecular formula is C26H38F3N5O6. The SMILES string of the molecule is CN(C)C(=O)C(=O)[C@H](C[C@@H]1CCNC1=O)NC(=O)[C@@H]1[C@@H]2[C@H](CN1C(=O)[C@@H](NC(=O)C(F)(F)F)C(C)(C)C)C2(C)C. The van der Waals surface area contributed by atoms with Crippen LogP contribution < -0.4 is 16.0 Å². The Morgan fingerprint density at radius 3 is 2.17 bits per heavy atom. The van der Waals surface area contributed by atoms with Gasteiger partial charge in [0.25, 0.3) is 5.91 Å². The van der Waals surface area contributed by atoms with Gasteiger partial charge in [0.2, 0.25) is 23.5 Å². The van der Waals surface area contributed by atoms with Crippen LogP contribution in [0.5, 0.6) is 0 Å². The van der Waals surface area contributed by atoms with Gasteiger partial charge in [-0.05, 0) is 35.5 Å². The molecule has 3 aliphatic rings. The van der Waals surface area contributed by atoms with Gasteiger partial charge in [-0.25, -0.2) is 0 Å². The highest BCUT2D eigenvalue weighted by Crippen LogP contribution is 2.65. The van der Waals surface area contributed by atoms with Gasteiger partial charge in [-0.3, -0.25) is 28.8 Å². The van der Waals surface area contributed by atoms with E-state index in [9.17, 15) is 41.9 Å². The maximum atomic E-state index is 13.8. The summed E-state index contributed by atoms with van der Waals surface area (Å²) in [6, 6.07) is -4.09. The third kappa shape index (κ3) is 6.09. The number of halogens is 3. The quantitative estimate of drug-likeness (QED) is 0.355. The third-order valence-corrected chi connectivity index (χ3v) is 8.34. The molecule has 3 rings (SSSR count). The number of hydrogen-bond acceptors (Lipinski definition) is 6. The van der Waals surface area contributed by atoms with Crippen LogP contribution in [0.4, 0.5) is 13.2 Å². The number of hydrogen-bond donors (Lipinski definition) is 3. The first kappa shape index (κ1) is 31.3. The van der Waals surface area contributed by atoms with Gasteiger partial charge in [-0.1, -0.05) is 34.6 Å². The molecule has 14 heteroatoms. The largest absolute Gasteiger partial charge is 0.471 e. The van der Waals surface area contributed by atoms with Crippen molar-refractivity contribution in [2.75, 3.05) is 27.2 Å². The Bertz CT molecular complexity index is 1100. The van der Waals surface area contributed by atoms with Gasteiger partial charge in [0.1, 0.15) is 12.1 Å². The summed E-state index contributed by atoms with van der Waals surface area (Å²) in [6.07, 6.45) is -4.93. The van der Waals surface area contributed by atoms with Crippen LogP contribution in [0, 0.1) is 28.6 Å². The lowest BCUT2D eigenvalue weighted by atomic mass is 9.85. The first-order chi connectivity index (χ1) is 18.2. The van der Waals surface area contributed by atoms with E-state index < -0.39 is 65.0 Å². The van der Waals surface area contributed by atoms with Crippen LogP contribution in [0.3, 0.4) is 0 Å². The fourth-order valence-corrected chi connectivity index (χ4v) is 5.85. The molecule has 0 bridgehead atoms. The summed E-state index contributed by atoms with van der Waals surface area (Å²) in [4.78, 5) is 79.2. The number of likely N-dealkylation sites (N-methyl/N-ethyl adjacent to an activating group) is 1. The summed E-state index contributed by atoms with van der Waals surface area (Å²) < 4.78 is 39.2. The second kappa shape index (κ2) is 10.7. The van der Waals surface area contributed by atoms with Crippen molar-refractivity contribution in [3.05, 3.63) is 0 Å². The molecule has 1 aliphatic carbocycles. The standard InChI is InChI=1S/C26H38F3N5O6/c1-24(2,3)18(32-23(40)26(27,28)29)22(39)34-11-13-15(25(13,4)5)16(34)20(37)31-14(17(35)21(38)33(6)7)10-12-8-9-30-19(12)36/h12-16,18H,8-11H2,1-7H3,(H,30,36)(H,31,37)(H,32,40)/t12-,13-,14-,15-,16-,18+/m0/s1. The number of ketones is 1. The van der Waals surface area contributed by atoms with Gasteiger partial charge in [0.15, 0.2) is 0 Å². The molecule has 1 saturated carbocycles. The maximum absolute atomic E-state index is 13.8. The summed E-state index contributed by atoms with van der Waals surface area (Å²) >= 11 is 0. The molecule has 3 N–H and O–H groups in total. The molecule has 0 spiro atoms. The molecule has 11 nitrogen and oxygen atoms in total. The van der Waals surface area contributed by atoms with E-state index in [0.717, 1.165) is 4.90 Å². The van der Waals surface area contributed by atoms with Crippen LogP contribution >= 0.6 is 0 Å². The summed E-state index contributed by atoms with van der Waals surface area (Å²) in [5.41, 5.74) is -1.50. The van der Waals surface area contributed by atoms with E-state index in [1.54, 1.807) is 5.32 Å². The Hall–Kier alpha value is -3.19. The van der Waals surface area contributed by atoms with Gasteiger partial charge in [0.05, 0.1) is 6.04 Å². The highest BCUT2D eigenvalue weighted by molar-refractivity contribution is 6.38. The summed E-state index contributed by atoms with van der Waals surface area (Å²) in [5.74, 6) is -7.08. The molecule has 0 aromatic carbocycles. The van der Waals surface area contributed by atoms with E-state index in [2.05, 4.69) is 10.6 Å². The number of amides is 5. The minimum absolute atomic E-state index is 0.0727. The van der Waals surface area contributed by atoms with Crippen LogP contribution in [0.1, 0.15) is 47.5 Å². The molecule has 0 radical (unpaired) electrons. The number of carbonyl (C=O) groups excluding carboxylic acids is 6. The molecular weight excluding hydrogens is 535 g/mol. The number of nitrogens with zero attached hydrogens (tertiary/aromatic N) is 2. The van der Waals surface area contributed by atoms with Gasteiger partial charge >= 0.3 is 12.1 Å². The fourth-order valence-electron chi connectivity index (χ4n) is 5.85. The summed E-state index contributed by atoms with van der Waals surface area (Å²) in [6.45, 7) is 8.75. The first-order valence-electron chi connectivity index (χ1n) is 13.2. The van der Waals surface area contributed by atoms with Crippen molar-refractivity contribution in [2.24, 2.45) is 28.6 Å². The van der Waals surface area contributed by atoms with Crippen LogP contribution in [-0.4, -0.2) is 96.6 Å². The predicted octanol–water partition coefficient (Wildman–Crippen LogP) is 0.231. The van der Waals surface area contributed by atoms with Crippen molar-refractivity contribution in [1.82, 2.24) is 25.8 Å². The van der Waals surface area contributed by atoms with Crippen molar-refractivity contribution < 1.29 is 41.9 Å². The Labute approximate surface area is 230 Å². The predicted molar refractivity (Wildman–Crippen MR) is 135 cm³/mol. The molecule has 3 fully saturated rings. The van der Waals surface area contributed by atoms with Crippen LogP contribution in [0.15, 0.2) is 0 Å². The second-order valence-electron chi connectivity index (χ2n) is 12.8. The minimum atomic E-state index is -5.21. The van der Waals surface area contributed by atoms with Crippen molar-refractivity contribution in [3.63, 3.8) is 0 Å². The van der Waals surface area contributed by atoms with E-state index >= 15 is 0 Å². The Morgan fingerprint density at radius 1 is 1.10 bits per heavy atom. The average molecular weight is 574 g/mol. The number of carbonyl (C=O) groups is 6. The third-order valence-electron chi connectivity index (χ3n) is 8.34. The lowest BCUT2D eigenvalue weighted by molar-refractivity contribution is -0.176. The number of Topliss-reactive ketones (excluding diaryl/α,β-unsaturated/α-hetero) is 1. The van der Waals surface area contributed by atoms with Gasteiger partial charge in [-0.2, -0.15) is 13.2 Å². The molecule has 224 valence electrons. The molecule has 6 atom stereocenters.